The van der Waals surface area contributed by atoms with E-state index in [4.69, 9.17) is 10.5 Å². The standard InChI is InChI=1S/C10H13N5O3S/c1-12-19(16,17)7-3-4-9(8(11)5-7)18-10-13-6-15(2)14-10/h3-6,12H,11H2,1-2H3. The summed E-state index contributed by atoms with van der Waals surface area (Å²) in [5.74, 6) is 0.293. The van der Waals surface area contributed by atoms with E-state index in [-0.39, 0.29) is 16.6 Å². The molecule has 2 aromatic rings. The van der Waals surface area contributed by atoms with Crippen LogP contribution in [0.15, 0.2) is 29.4 Å². The van der Waals surface area contributed by atoms with E-state index in [2.05, 4.69) is 14.8 Å². The van der Waals surface area contributed by atoms with Gasteiger partial charge in [-0.15, -0.1) is 5.10 Å². The van der Waals surface area contributed by atoms with Gasteiger partial charge in [-0.05, 0) is 25.2 Å². The molecule has 0 fully saturated rings. The summed E-state index contributed by atoms with van der Waals surface area (Å²) in [6.07, 6.45) is 1.48. The molecule has 0 spiro atoms. The number of hydrogen-bond acceptors (Lipinski definition) is 6. The number of rotatable bonds is 4. The van der Waals surface area contributed by atoms with E-state index in [1.807, 2.05) is 0 Å². The van der Waals surface area contributed by atoms with Crippen molar-refractivity contribution in [3.05, 3.63) is 24.5 Å². The summed E-state index contributed by atoms with van der Waals surface area (Å²) in [6.45, 7) is 0. The van der Waals surface area contributed by atoms with Crippen LogP contribution in [-0.2, 0) is 17.1 Å². The molecule has 8 nitrogen and oxygen atoms in total. The second kappa shape index (κ2) is 4.86. The molecular weight excluding hydrogens is 270 g/mol. The summed E-state index contributed by atoms with van der Waals surface area (Å²) in [5.41, 5.74) is 5.93. The van der Waals surface area contributed by atoms with Crippen LogP contribution in [0.4, 0.5) is 5.69 Å². The third kappa shape index (κ3) is 2.83. The van der Waals surface area contributed by atoms with Crippen LogP contribution in [-0.4, -0.2) is 30.2 Å². The lowest BCUT2D eigenvalue weighted by Gasteiger charge is -2.07. The summed E-state index contributed by atoms with van der Waals surface area (Å²) >= 11 is 0. The van der Waals surface area contributed by atoms with Crippen LogP contribution in [0.1, 0.15) is 0 Å². The molecule has 0 atom stereocenters. The van der Waals surface area contributed by atoms with Crippen molar-refractivity contribution in [3.8, 4) is 11.8 Å². The van der Waals surface area contributed by atoms with Crippen LogP contribution >= 0.6 is 0 Å². The minimum absolute atomic E-state index is 0.0637. The van der Waals surface area contributed by atoms with E-state index in [9.17, 15) is 8.42 Å². The molecule has 2 rings (SSSR count). The van der Waals surface area contributed by atoms with Crippen molar-refractivity contribution < 1.29 is 13.2 Å². The lowest BCUT2D eigenvalue weighted by molar-refractivity contribution is 0.440. The fourth-order valence-corrected chi connectivity index (χ4v) is 2.13. The Morgan fingerprint density at radius 2 is 2.16 bits per heavy atom. The Morgan fingerprint density at radius 1 is 1.42 bits per heavy atom. The lowest BCUT2D eigenvalue weighted by Crippen LogP contribution is -2.18. The molecule has 0 bridgehead atoms. The van der Waals surface area contributed by atoms with Crippen LogP contribution in [0.2, 0.25) is 0 Å². The molecular formula is C10H13N5O3S. The van der Waals surface area contributed by atoms with Crippen molar-refractivity contribution >= 4 is 15.7 Å². The first-order valence-corrected chi connectivity index (χ1v) is 6.77. The Balaban J connectivity index is 2.30. The first kappa shape index (κ1) is 13.3. The maximum atomic E-state index is 11.6. The van der Waals surface area contributed by atoms with Gasteiger partial charge in [-0.3, -0.25) is 4.68 Å². The molecule has 102 valence electrons. The van der Waals surface area contributed by atoms with Gasteiger partial charge in [-0.2, -0.15) is 4.98 Å². The highest BCUT2D eigenvalue weighted by Crippen LogP contribution is 2.27. The van der Waals surface area contributed by atoms with Gasteiger partial charge < -0.3 is 10.5 Å². The average molecular weight is 283 g/mol. The van der Waals surface area contributed by atoms with Gasteiger partial charge in [-0.25, -0.2) is 13.1 Å². The monoisotopic (exact) mass is 283 g/mol. The van der Waals surface area contributed by atoms with Gasteiger partial charge in [0.05, 0.1) is 10.6 Å². The van der Waals surface area contributed by atoms with Gasteiger partial charge in [0, 0.05) is 7.05 Å². The molecule has 1 heterocycles. The normalized spacial score (nSPS) is 11.5. The summed E-state index contributed by atoms with van der Waals surface area (Å²) < 4.78 is 32.2. The number of aromatic nitrogens is 3. The van der Waals surface area contributed by atoms with Crippen LogP contribution in [0, 0.1) is 0 Å². The topological polar surface area (TPSA) is 112 Å². The van der Waals surface area contributed by atoms with E-state index in [0.717, 1.165) is 0 Å². The third-order valence-corrected chi connectivity index (χ3v) is 3.75. The Hall–Kier alpha value is -2.13. The number of nitrogens with zero attached hydrogens (tertiary/aromatic N) is 3. The van der Waals surface area contributed by atoms with Crippen molar-refractivity contribution in [1.82, 2.24) is 19.5 Å². The Kier molecular flexibility index (Phi) is 3.40. The van der Waals surface area contributed by atoms with Crippen LogP contribution < -0.4 is 15.2 Å². The first-order valence-electron chi connectivity index (χ1n) is 5.29. The molecule has 0 saturated heterocycles. The van der Waals surface area contributed by atoms with E-state index >= 15 is 0 Å². The number of ether oxygens (including phenoxy) is 1. The van der Waals surface area contributed by atoms with Crippen LogP contribution in [0.5, 0.6) is 11.8 Å². The van der Waals surface area contributed by atoms with E-state index < -0.39 is 10.0 Å². The Bertz CT molecular complexity index is 695. The minimum atomic E-state index is -3.53. The summed E-state index contributed by atoms with van der Waals surface area (Å²) in [6, 6.07) is 4.29. The number of benzene rings is 1. The highest BCUT2D eigenvalue weighted by Gasteiger charge is 2.14. The SMILES string of the molecule is CNS(=O)(=O)c1ccc(Oc2ncn(C)n2)c(N)c1. The number of aryl methyl sites for hydroxylation is 1. The minimum Gasteiger partial charge on any atom is -0.421 e. The maximum absolute atomic E-state index is 11.6. The van der Waals surface area contributed by atoms with Crippen molar-refractivity contribution in [2.75, 3.05) is 12.8 Å². The summed E-state index contributed by atoms with van der Waals surface area (Å²) in [7, 11) is -0.500. The average Bonchev–Trinajstić information content (AvgIpc) is 2.77. The van der Waals surface area contributed by atoms with Gasteiger partial charge in [0.1, 0.15) is 6.33 Å². The molecule has 0 aliphatic heterocycles. The van der Waals surface area contributed by atoms with Crippen molar-refractivity contribution in [2.24, 2.45) is 7.05 Å². The van der Waals surface area contributed by atoms with Crippen molar-refractivity contribution in [2.45, 2.75) is 4.90 Å². The van der Waals surface area contributed by atoms with Crippen LogP contribution in [0.3, 0.4) is 0 Å². The Labute approximate surface area is 110 Å². The largest absolute Gasteiger partial charge is 0.421 e. The smallest absolute Gasteiger partial charge is 0.341 e. The third-order valence-electron chi connectivity index (χ3n) is 2.34. The molecule has 0 aliphatic rings. The second-order valence-electron chi connectivity index (χ2n) is 3.71. The summed E-state index contributed by atoms with van der Waals surface area (Å²) in [5, 5.41) is 3.93. The van der Waals surface area contributed by atoms with Gasteiger partial charge in [0.25, 0.3) is 0 Å². The zero-order chi connectivity index (χ0) is 14.0. The number of hydrogen-bond donors (Lipinski definition) is 2. The van der Waals surface area contributed by atoms with E-state index in [1.54, 1.807) is 7.05 Å². The van der Waals surface area contributed by atoms with Gasteiger partial charge in [-0.1, -0.05) is 0 Å². The molecule has 9 heteroatoms. The zero-order valence-corrected chi connectivity index (χ0v) is 11.2. The molecule has 0 amide bonds. The van der Waals surface area contributed by atoms with Crippen molar-refractivity contribution in [1.29, 1.82) is 0 Å². The predicted molar refractivity (Wildman–Crippen MR) is 68.2 cm³/mol. The number of anilines is 1. The molecule has 0 saturated carbocycles. The number of nitrogens with two attached hydrogens (primary N) is 1. The highest BCUT2D eigenvalue weighted by atomic mass is 32.2. The van der Waals surface area contributed by atoms with E-state index in [1.165, 1.54) is 36.3 Å². The first-order chi connectivity index (χ1) is 8.92. The van der Waals surface area contributed by atoms with Gasteiger partial charge in [0.15, 0.2) is 5.75 Å². The number of sulfonamides is 1. The molecule has 19 heavy (non-hydrogen) atoms. The number of nitrogens with one attached hydrogen (secondary N) is 1. The summed E-state index contributed by atoms with van der Waals surface area (Å²) in [4.78, 5) is 3.95. The van der Waals surface area contributed by atoms with Crippen molar-refractivity contribution in [3.63, 3.8) is 0 Å². The van der Waals surface area contributed by atoms with Gasteiger partial charge in [0.2, 0.25) is 10.0 Å². The van der Waals surface area contributed by atoms with Gasteiger partial charge >= 0.3 is 6.01 Å². The molecule has 1 aromatic heterocycles. The quantitative estimate of drug-likeness (QED) is 0.769. The van der Waals surface area contributed by atoms with E-state index in [0.29, 0.717) is 5.75 Å². The molecule has 0 radical (unpaired) electrons. The highest BCUT2D eigenvalue weighted by molar-refractivity contribution is 7.89. The predicted octanol–water partition coefficient (Wildman–Crippen LogP) is 0.0977. The molecule has 0 unspecified atom stereocenters. The number of nitrogen functional groups attached to an aromatic ring is 1. The molecule has 3 N–H and O–H groups in total. The lowest BCUT2D eigenvalue weighted by atomic mass is 10.3. The fraction of sp³-hybridized carbons (Fsp3) is 0.200. The maximum Gasteiger partial charge on any atom is 0.341 e. The zero-order valence-electron chi connectivity index (χ0n) is 10.4. The molecule has 1 aromatic carbocycles. The Morgan fingerprint density at radius 3 is 2.68 bits per heavy atom. The van der Waals surface area contributed by atoms with Crippen LogP contribution in [0.25, 0.3) is 0 Å². The fourth-order valence-electron chi connectivity index (χ4n) is 1.37. The second-order valence-corrected chi connectivity index (χ2v) is 5.60. The molecule has 0 aliphatic carbocycles.